The first-order chi connectivity index (χ1) is 11.9. The summed E-state index contributed by atoms with van der Waals surface area (Å²) in [6.07, 6.45) is 0. The summed E-state index contributed by atoms with van der Waals surface area (Å²) in [5.74, 6) is -0.657. The van der Waals surface area contributed by atoms with Crippen LogP contribution in [0.3, 0.4) is 0 Å². The molecule has 10 heteroatoms. The minimum absolute atomic E-state index is 0.322. The van der Waals surface area contributed by atoms with Crippen LogP contribution in [-0.4, -0.2) is 27.0 Å². The van der Waals surface area contributed by atoms with Gasteiger partial charge in [-0.2, -0.15) is 0 Å². The number of rotatable bonds is 4. The molecule has 0 aliphatic carbocycles. The van der Waals surface area contributed by atoms with Gasteiger partial charge in [-0.05, 0) is 38.1 Å². The molecule has 0 aliphatic rings. The second kappa shape index (κ2) is 7.26. The predicted molar refractivity (Wildman–Crippen MR) is 98.9 cm³/mol. The molecule has 3 rings (SSSR count). The van der Waals surface area contributed by atoms with Crippen LogP contribution in [0.2, 0.25) is 5.02 Å². The highest BCUT2D eigenvalue weighted by Gasteiger charge is 2.18. The maximum atomic E-state index is 12.3. The molecule has 0 aliphatic heterocycles. The third kappa shape index (κ3) is 4.19. The molecule has 3 aromatic rings. The van der Waals surface area contributed by atoms with Crippen LogP contribution in [0.4, 0.5) is 10.3 Å². The first-order valence-electron chi connectivity index (χ1n) is 7.08. The van der Waals surface area contributed by atoms with Crippen LogP contribution in [-0.2, 0) is 0 Å². The second-order valence-corrected chi connectivity index (χ2v) is 7.59. The molecule has 1 aromatic carbocycles. The predicted octanol–water partition coefficient (Wildman–Crippen LogP) is 3.77. The fourth-order valence-corrected chi connectivity index (χ4v) is 3.50. The second-order valence-electron chi connectivity index (χ2n) is 4.97. The Morgan fingerprint density at radius 3 is 2.28 bits per heavy atom. The van der Waals surface area contributed by atoms with Gasteiger partial charge in [0.1, 0.15) is 9.88 Å². The van der Waals surface area contributed by atoms with E-state index in [0.717, 1.165) is 16.3 Å². The number of carbonyl (C=O) groups excluding carboxylic acids is 2. The molecule has 0 saturated carbocycles. The zero-order valence-electron chi connectivity index (χ0n) is 13.2. The Morgan fingerprint density at radius 2 is 1.64 bits per heavy atom. The highest BCUT2D eigenvalue weighted by Crippen LogP contribution is 2.25. The van der Waals surface area contributed by atoms with Gasteiger partial charge in [-0.3, -0.25) is 20.2 Å². The molecule has 0 unspecified atom stereocenters. The quantitative estimate of drug-likeness (QED) is 0.703. The standard InChI is InChI=1S/C15H12ClN5O2S2/c1-7-11(13(23)19-15-21-20-8(2)24-15)25-14(17-7)18-12(22)9-3-5-10(16)6-4-9/h3-6H,1-2H3,(H,17,18,22)(H,19,21,23). The van der Waals surface area contributed by atoms with E-state index in [1.807, 2.05) is 0 Å². The summed E-state index contributed by atoms with van der Waals surface area (Å²) in [5, 5.41) is 15.1. The van der Waals surface area contributed by atoms with E-state index < -0.39 is 0 Å². The molecular weight excluding hydrogens is 382 g/mol. The van der Waals surface area contributed by atoms with Gasteiger partial charge in [-0.15, -0.1) is 10.2 Å². The maximum Gasteiger partial charge on any atom is 0.269 e. The Balaban J connectivity index is 1.72. The molecule has 2 aromatic heterocycles. The average molecular weight is 394 g/mol. The fourth-order valence-electron chi connectivity index (χ4n) is 1.93. The van der Waals surface area contributed by atoms with Crippen molar-refractivity contribution >= 4 is 56.4 Å². The van der Waals surface area contributed by atoms with Crippen LogP contribution in [0.15, 0.2) is 24.3 Å². The van der Waals surface area contributed by atoms with E-state index >= 15 is 0 Å². The number of carbonyl (C=O) groups is 2. The van der Waals surface area contributed by atoms with Gasteiger partial charge in [-0.25, -0.2) is 4.98 Å². The molecule has 2 heterocycles. The highest BCUT2D eigenvalue weighted by atomic mass is 35.5. The average Bonchev–Trinajstić information content (AvgIpc) is 3.13. The minimum atomic E-state index is -0.335. The highest BCUT2D eigenvalue weighted by molar-refractivity contribution is 7.18. The van der Waals surface area contributed by atoms with Crippen molar-refractivity contribution in [2.45, 2.75) is 13.8 Å². The van der Waals surface area contributed by atoms with Gasteiger partial charge in [0, 0.05) is 10.6 Å². The zero-order chi connectivity index (χ0) is 18.0. The topological polar surface area (TPSA) is 96.9 Å². The number of hydrogen-bond acceptors (Lipinski definition) is 7. The normalized spacial score (nSPS) is 10.5. The van der Waals surface area contributed by atoms with E-state index in [9.17, 15) is 9.59 Å². The van der Waals surface area contributed by atoms with Gasteiger partial charge in [0.15, 0.2) is 5.13 Å². The van der Waals surface area contributed by atoms with Gasteiger partial charge < -0.3 is 0 Å². The molecule has 25 heavy (non-hydrogen) atoms. The van der Waals surface area contributed by atoms with Gasteiger partial charge in [0.2, 0.25) is 5.13 Å². The summed E-state index contributed by atoms with van der Waals surface area (Å²) in [6.45, 7) is 3.50. The van der Waals surface area contributed by atoms with Gasteiger partial charge in [0.25, 0.3) is 11.8 Å². The lowest BCUT2D eigenvalue weighted by Crippen LogP contribution is -2.11. The Morgan fingerprint density at radius 1 is 0.960 bits per heavy atom. The lowest BCUT2D eigenvalue weighted by atomic mass is 10.2. The summed E-state index contributed by atoms with van der Waals surface area (Å²) in [4.78, 5) is 29.2. The van der Waals surface area contributed by atoms with Crippen molar-refractivity contribution in [3.63, 3.8) is 0 Å². The first-order valence-corrected chi connectivity index (χ1v) is 9.09. The lowest BCUT2D eigenvalue weighted by molar-refractivity contribution is 0.102. The summed E-state index contributed by atoms with van der Waals surface area (Å²) in [6, 6.07) is 6.49. The van der Waals surface area contributed by atoms with Crippen LogP contribution >= 0.6 is 34.3 Å². The minimum Gasteiger partial charge on any atom is -0.298 e. The fraction of sp³-hybridized carbons (Fsp3) is 0.133. The van der Waals surface area contributed by atoms with E-state index in [0.29, 0.717) is 31.4 Å². The number of nitrogens with one attached hydrogen (secondary N) is 2. The molecule has 0 spiro atoms. The number of aryl methyl sites for hydroxylation is 2. The molecule has 0 radical (unpaired) electrons. The summed E-state index contributed by atoms with van der Waals surface area (Å²) >= 11 is 8.19. The molecule has 0 atom stereocenters. The van der Waals surface area contributed by atoms with Crippen LogP contribution in [0, 0.1) is 13.8 Å². The largest absolute Gasteiger partial charge is 0.298 e. The van der Waals surface area contributed by atoms with Crippen LogP contribution in [0.5, 0.6) is 0 Å². The number of hydrogen-bond donors (Lipinski definition) is 2. The summed E-state index contributed by atoms with van der Waals surface area (Å²) in [5.41, 5.74) is 0.975. The Kier molecular flexibility index (Phi) is 5.07. The number of amides is 2. The van der Waals surface area contributed by atoms with Crippen molar-refractivity contribution in [1.29, 1.82) is 0 Å². The summed E-state index contributed by atoms with van der Waals surface area (Å²) < 4.78 is 0. The smallest absolute Gasteiger partial charge is 0.269 e. The number of benzene rings is 1. The number of nitrogens with zero attached hydrogens (tertiary/aromatic N) is 3. The molecule has 2 N–H and O–H groups in total. The van der Waals surface area contributed by atoms with Crippen LogP contribution in [0.1, 0.15) is 30.7 Å². The van der Waals surface area contributed by atoms with Crippen molar-refractivity contribution in [3.8, 4) is 0 Å². The van der Waals surface area contributed by atoms with Gasteiger partial charge in [0.05, 0.1) is 5.69 Å². The van der Waals surface area contributed by atoms with Crippen LogP contribution in [0.25, 0.3) is 0 Å². The van der Waals surface area contributed by atoms with Gasteiger partial charge in [-0.1, -0.05) is 34.3 Å². The van der Waals surface area contributed by atoms with Crippen molar-refractivity contribution in [2.24, 2.45) is 0 Å². The maximum absolute atomic E-state index is 12.3. The first kappa shape index (κ1) is 17.5. The molecule has 0 fully saturated rings. The van der Waals surface area contributed by atoms with Crippen molar-refractivity contribution in [3.05, 3.63) is 50.4 Å². The SMILES string of the molecule is Cc1nnc(NC(=O)c2sc(NC(=O)c3ccc(Cl)cc3)nc2C)s1. The zero-order valence-corrected chi connectivity index (χ0v) is 15.6. The number of aromatic nitrogens is 3. The monoisotopic (exact) mass is 393 g/mol. The summed E-state index contributed by atoms with van der Waals surface area (Å²) in [7, 11) is 0. The molecule has 128 valence electrons. The van der Waals surface area contributed by atoms with E-state index in [4.69, 9.17) is 11.6 Å². The number of thiazole rings is 1. The Labute approximate surface area is 156 Å². The van der Waals surface area contributed by atoms with E-state index in [1.54, 1.807) is 38.1 Å². The third-order valence-electron chi connectivity index (χ3n) is 3.08. The molecule has 7 nitrogen and oxygen atoms in total. The number of halogens is 1. The molecule has 2 amide bonds. The van der Waals surface area contributed by atoms with Crippen LogP contribution < -0.4 is 10.6 Å². The lowest BCUT2D eigenvalue weighted by Gasteiger charge is -2.01. The number of anilines is 2. The van der Waals surface area contributed by atoms with Crippen molar-refractivity contribution < 1.29 is 9.59 Å². The Bertz CT molecular complexity index is 936. The van der Waals surface area contributed by atoms with Gasteiger partial charge >= 0.3 is 0 Å². The molecule has 0 bridgehead atoms. The van der Waals surface area contributed by atoms with Crippen molar-refractivity contribution in [1.82, 2.24) is 15.2 Å². The van der Waals surface area contributed by atoms with Crippen molar-refractivity contribution in [2.75, 3.05) is 10.6 Å². The molecule has 0 saturated heterocycles. The van der Waals surface area contributed by atoms with E-state index in [-0.39, 0.29) is 11.8 Å². The Hall–Kier alpha value is -2.36. The molecular formula is C15H12ClN5O2S2. The van der Waals surface area contributed by atoms with E-state index in [1.165, 1.54) is 11.3 Å². The van der Waals surface area contributed by atoms with E-state index in [2.05, 4.69) is 25.8 Å². The third-order valence-corrected chi connectivity index (χ3v) is 5.15.